The number of thioether (sulfide) groups is 1. The number of para-hydroxylation sites is 1. The summed E-state index contributed by atoms with van der Waals surface area (Å²) in [5.41, 5.74) is 1.63. The van der Waals surface area contributed by atoms with Gasteiger partial charge >= 0.3 is 0 Å². The Morgan fingerprint density at radius 1 is 1.19 bits per heavy atom. The standard InChI is InChI=1S/C18H19N5O2S/c1-13(18(24)19-14-8-10-16(25-2)11-9-14)26-12-17-20-21-22-23(17)15-6-4-3-5-7-15/h3-11,13H,12H2,1-2H3,(H,19,24). The fourth-order valence-corrected chi connectivity index (χ4v) is 3.05. The SMILES string of the molecule is COc1ccc(NC(=O)C(C)SCc2nnnn2-c2ccccc2)cc1. The Labute approximate surface area is 155 Å². The van der Waals surface area contributed by atoms with Gasteiger partial charge in [-0.05, 0) is 53.7 Å². The monoisotopic (exact) mass is 369 g/mol. The number of benzene rings is 2. The van der Waals surface area contributed by atoms with Crippen LogP contribution in [0.15, 0.2) is 54.6 Å². The number of ether oxygens (including phenoxy) is 1. The first-order valence-corrected chi connectivity index (χ1v) is 9.11. The van der Waals surface area contributed by atoms with Gasteiger partial charge in [0.1, 0.15) is 5.75 Å². The molecule has 0 aliphatic rings. The second-order valence-corrected chi connectivity index (χ2v) is 6.84. The summed E-state index contributed by atoms with van der Waals surface area (Å²) in [6, 6.07) is 16.9. The molecular weight excluding hydrogens is 350 g/mol. The number of anilines is 1. The van der Waals surface area contributed by atoms with Gasteiger partial charge in [0.25, 0.3) is 0 Å². The van der Waals surface area contributed by atoms with Gasteiger partial charge in [-0.15, -0.1) is 16.9 Å². The van der Waals surface area contributed by atoms with Crippen LogP contribution in [0.1, 0.15) is 12.7 Å². The minimum absolute atomic E-state index is 0.0705. The molecule has 3 rings (SSSR count). The summed E-state index contributed by atoms with van der Waals surface area (Å²) in [4.78, 5) is 12.4. The predicted octanol–water partition coefficient (Wildman–Crippen LogP) is 2.93. The van der Waals surface area contributed by atoms with Crippen molar-refractivity contribution in [1.29, 1.82) is 0 Å². The van der Waals surface area contributed by atoms with Crippen LogP contribution in [0.2, 0.25) is 0 Å². The number of methoxy groups -OCH3 is 1. The molecule has 2 aromatic carbocycles. The van der Waals surface area contributed by atoms with Crippen molar-refractivity contribution < 1.29 is 9.53 Å². The lowest BCUT2D eigenvalue weighted by atomic mass is 10.3. The maximum atomic E-state index is 12.4. The van der Waals surface area contributed by atoms with E-state index < -0.39 is 0 Å². The van der Waals surface area contributed by atoms with Crippen molar-refractivity contribution in [2.45, 2.75) is 17.9 Å². The van der Waals surface area contributed by atoms with Crippen LogP contribution < -0.4 is 10.1 Å². The fourth-order valence-electron chi connectivity index (χ4n) is 2.26. The van der Waals surface area contributed by atoms with Gasteiger partial charge in [0.2, 0.25) is 5.91 Å². The van der Waals surface area contributed by atoms with Gasteiger partial charge in [0.15, 0.2) is 5.82 Å². The number of hydrogen-bond acceptors (Lipinski definition) is 6. The molecule has 0 saturated heterocycles. The van der Waals surface area contributed by atoms with Crippen molar-refractivity contribution in [2.75, 3.05) is 12.4 Å². The number of tetrazole rings is 1. The summed E-state index contributed by atoms with van der Waals surface area (Å²) in [7, 11) is 1.61. The average molecular weight is 369 g/mol. The third kappa shape index (κ3) is 4.40. The van der Waals surface area contributed by atoms with Crippen LogP contribution in [0, 0.1) is 0 Å². The molecule has 0 fully saturated rings. The largest absolute Gasteiger partial charge is 0.497 e. The number of nitrogens with zero attached hydrogens (tertiary/aromatic N) is 4. The van der Waals surface area contributed by atoms with E-state index in [9.17, 15) is 4.79 Å². The van der Waals surface area contributed by atoms with Crippen LogP contribution in [0.3, 0.4) is 0 Å². The first-order chi connectivity index (χ1) is 12.7. The summed E-state index contributed by atoms with van der Waals surface area (Å²) in [6.45, 7) is 1.86. The summed E-state index contributed by atoms with van der Waals surface area (Å²) in [6.07, 6.45) is 0. The van der Waals surface area contributed by atoms with Crippen LogP contribution in [0.4, 0.5) is 5.69 Å². The van der Waals surface area contributed by atoms with E-state index in [0.717, 1.165) is 17.1 Å². The van der Waals surface area contributed by atoms with E-state index >= 15 is 0 Å². The minimum Gasteiger partial charge on any atom is -0.497 e. The third-order valence-corrected chi connectivity index (χ3v) is 4.86. The molecular formula is C18H19N5O2S. The molecule has 1 N–H and O–H groups in total. The van der Waals surface area contributed by atoms with Crippen molar-refractivity contribution in [3.8, 4) is 11.4 Å². The van der Waals surface area contributed by atoms with Gasteiger partial charge in [-0.1, -0.05) is 18.2 Å². The first kappa shape index (κ1) is 17.9. The van der Waals surface area contributed by atoms with E-state index in [2.05, 4.69) is 20.8 Å². The van der Waals surface area contributed by atoms with Crippen molar-refractivity contribution in [2.24, 2.45) is 0 Å². The second kappa shape index (κ2) is 8.48. The zero-order chi connectivity index (χ0) is 18.4. The van der Waals surface area contributed by atoms with Crippen molar-refractivity contribution >= 4 is 23.4 Å². The highest BCUT2D eigenvalue weighted by atomic mass is 32.2. The lowest BCUT2D eigenvalue weighted by Crippen LogP contribution is -2.22. The fraction of sp³-hybridized carbons (Fsp3) is 0.222. The minimum atomic E-state index is -0.252. The number of nitrogens with one attached hydrogen (secondary N) is 1. The van der Waals surface area contributed by atoms with E-state index in [4.69, 9.17) is 4.74 Å². The molecule has 1 atom stereocenters. The maximum absolute atomic E-state index is 12.4. The molecule has 1 aromatic heterocycles. The molecule has 0 spiro atoms. The number of rotatable bonds is 7. The molecule has 1 amide bonds. The van der Waals surface area contributed by atoms with Crippen LogP contribution in [0.25, 0.3) is 5.69 Å². The van der Waals surface area contributed by atoms with Gasteiger partial charge in [0.05, 0.1) is 23.8 Å². The Morgan fingerprint density at radius 3 is 2.62 bits per heavy atom. The molecule has 3 aromatic rings. The molecule has 8 heteroatoms. The van der Waals surface area contributed by atoms with Gasteiger partial charge < -0.3 is 10.1 Å². The summed E-state index contributed by atoms with van der Waals surface area (Å²) < 4.78 is 6.79. The molecule has 0 saturated carbocycles. The van der Waals surface area contributed by atoms with Crippen molar-refractivity contribution in [1.82, 2.24) is 20.2 Å². The molecule has 0 bridgehead atoms. The van der Waals surface area contributed by atoms with Crippen molar-refractivity contribution in [3.63, 3.8) is 0 Å². The molecule has 1 heterocycles. The number of amides is 1. The molecule has 0 aliphatic carbocycles. The third-order valence-electron chi connectivity index (χ3n) is 3.72. The maximum Gasteiger partial charge on any atom is 0.237 e. The second-order valence-electron chi connectivity index (χ2n) is 5.51. The summed E-state index contributed by atoms with van der Waals surface area (Å²) >= 11 is 1.48. The first-order valence-electron chi connectivity index (χ1n) is 8.06. The molecule has 0 aliphatic heterocycles. The van der Waals surface area contributed by atoms with E-state index in [1.54, 1.807) is 23.9 Å². The quantitative estimate of drug-likeness (QED) is 0.690. The van der Waals surface area contributed by atoms with Gasteiger partial charge in [0, 0.05) is 5.69 Å². The number of carbonyl (C=O) groups excluding carboxylic acids is 1. The molecule has 134 valence electrons. The Balaban J connectivity index is 1.58. The van der Waals surface area contributed by atoms with E-state index in [-0.39, 0.29) is 11.2 Å². The van der Waals surface area contributed by atoms with Gasteiger partial charge in [-0.2, -0.15) is 4.68 Å². The van der Waals surface area contributed by atoms with Gasteiger partial charge in [-0.3, -0.25) is 4.79 Å². The topological polar surface area (TPSA) is 81.9 Å². The summed E-state index contributed by atoms with van der Waals surface area (Å²) in [5, 5.41) is 14.5. The molecule has 0 radical (unpaired) electrons. The van der Waals surface area contributed by atoms with Gasteiger partial charge in [-0.25, -0.2) is 0 Å². The Bertz CT molecular complexity index is 852. The van der Waals surface area contributed by atoms with Crippen LogP contribution in [-0.4, -0.2) is 38.5 Å². The Hall–Kier alpha value is -2.87. The zero-order valence-electron chi connectivity index (χ0n) is 14.5. The van der Waals surface area contributed by atoms with Crippen LogP contribution in [-0.2, 0) is 10.5 Å². The predicted molar refractivity (Wildman–Crippen MR) is 102 cm³/mol. The Kier molecular flexibility index (Phi) is 5.85. The smallest absolute Gasteiger partial charge is 0.237 e. The van der Waals surface area contributed by atoms with E-state index in [0.29, 0.717) is 11.6 Å². The average Bonchev–Trinajstić information content (AvgIpc) is 3.16. The van der Waals surface area contributed by atoms with Crippen LogP contribution >= 0.6 is 11.8 Å². The normalized spacial score (nSPS) is 11.8. The zero-order valence-corrected chi connectivity index (χ0v) is 15.3. The highest BCUT2D eigenvalue weighted by Crippen LogP contribution is 2.20. The number of hydrogen-bond donors (Lipinski definition) is 1. The number of aromatic nitrogens is 4. The van der Waals surface area contributed by atoms with E-state index in [1.807, 2.05) is 49.4 Å². The highest BCUT2D eigenvalue weighted by Gasteiger charge is 2.16. The summed E-state index contributed by atoms with van der Waals surface area (Å²) in [5.74, 6) is 1.90. The molecule has 7 nitrogen and oxygen atoms in total. The Morgan fingerprint density at radius 2 is 1.92 bits per heavy atom. The van der Waals surface area contributed by atoms with E-state index in [1.165, 1.54) is 11.8 Å². The lowest BCUT2D eigenvalue weighted by Gasteiger charge is -2.12. The lowest BCUT2D eigenvalue weighted by molar-refractivity contribution is -0.115. The molecule has 1 unspecified atom stereocenters. The number of carbonyl (C=O) groups is 1. The van der Waals surface area contributed by atoms with Crippen molar-refractivity contribution in [3.05, 3.63) is 60.4 Å². The highest BCUT2D eigenvalue weighted by molar-refractivity contribution is 7.99. The molecule has 26 heavy (non-hydrogen) atoms. The van der Waals surface area contributed by atoms with Crippen LogP contribution in [0.5, 0.6) is 5.75 Å².